The van der Waals surface area contributed by atoms with Crippen LogP contribution >= 0.6 is 12.4 Å². The number of amides is 1. The minimum Gasteiger partial charge on any atom is -0.362 e. The average Bonchev–Trinajstić information content (AvgIpc) is 2.64. The van der Waals surface area contributed by atoms with E-state index in [2.05, 4.69) is 20.6 Å². The molecule has 1 aliphatic rings. The molecule has 1 amide bonds. The summed E-state index contributed by atoms with van der Waals surface area (Å²) in [7, 11) is 3.88. The summed E-state index contributed by atoms with van der Waals surface area (Å²) >= 11 is 0. The van der Waals surface area contributed by atoms with Gasteiger partial charge in [-0.05, 0) is 44.7 Å². The lowest BCUT2D eigenvalue weighted by Gasteiger charge is -2.30. The second-order valence-electron chi connectivity index (χ2n) is 7.42. The highest BCUT2D eigenvalue weighted by molar-refractivity contribution is 5.94. The third-order valence-corrected chi connectivity index (χ3v) is 4.89. The van der Waals surface area contributed by atoms with E-state index in [4.69, 9.17) is 0 Å². The third kappa shape index (κ3) is 6.00. The minimum atomic E-state index is -0.756. The fraction of sp³-hybridized carbons (Fsp3) is 0.450. The fourth-order valence-electron chi connectivity index (χ4n) is 3.47. The molecule has 6 nitrogen and oxygen atoms in total. The van der Waals surface area contributed by atoms with Crippen molar-refractivity contribution in [1.29, 1.82) is 0 Å². The smallest absolute Gasteiger partial charge is 0.251 e. The highest BCUT2D eigenvalue weighted by Gasteiger charge is 2.24. The van der Waals surface area contributed by atoms with Crippen LogP contribution in [0.3, 0.4) is 0 Å². The van der Waals surface area contributed by atoms with Gasteiger partial charge in [-0.15, -0.1) is 12.4 Å². The molecule has 0 atom stereocenters. The SMILES string of the molecule is Cc1cnc(NC2CCC(NC(=O)c3cc(F)cc(F)c3)CC2)nc1N(C)C.Cl. The van der Waals surface area contributed by atoms with Crippen molar-refractivity contribution >= 4 is 30.1 Å². The van der Waals surface area contributed by atoms with Crippen LogP contribution in [0.1, 0.15) is 41.6 Å². The Labute approximate surface area is 175 Å². The van der Waals surface area contributed by atoms with Gasteiger partial charge in [-0.2, -0.15) is 4.98 Å². The third-order valence-electron chi connectivity index (χ3n) is 4.89. The molecule has 0 radical (unpaired) electrons. The molecule has 158 valence electrons. The number of halogens is 3. The zero-order chi connectivity index (χ0) is 20.3. The number of carbonyl (C=O) groups excluding carboxylic acids is 1. The van der Waals surface area contributed by atoms with Crippen molar-refractivity contribution in [3.05, 3.63) is 47.2 Å². The van der Waals surface area contributed by atoms with Crippen LogP contribution < -0.4 is 15.5 Å². The van der Waals surface area contributed by atoms with Gasteiger partial charge in [-0.1, -0.05) is 0 Å². The lowest BCUT2D eigenvalue weighted by atomic mass is 9.91. The van der Waals surface area contributed by atoms with E-state index in [0.29, 0.717) is 5.95 Å². The number of nitrogens with one attached hydrogen (secondary N) is 2. The van der Waals surface area contributed by atoms with Crippen molar-refractivity contribution < 1.29 is 13.6 Å². The number of rotatable bonds is 5. The molecule has 0 spiro atoms. The maximum Gasteiger partial charge on any atom is 0.251 e. The summed E-state index contributed by atoms with van der Waals surface area (Å²) in [4.78, 5) is 23.1. The quantitative estimate of drug-likeness (QED) is 0.764. The lowest BCUT2D eigenvalue weighted by molar-refractivity contribution is 0.0925. The summed E-state index contributed by atoms with van der Waals surface area (Å²) in [5.74, 6) is -0.494. The molecule has 1 saturated carbocycles. The van der Waals surface area contributed by atoms with Gasteiger partial charge in [-0.3, -0.25) is 4.79 Å². The molecule has 2 N–H and O–H groups in total. The Morgan fingerprint density at radius 2 is 1.66 bits per heavy atom. The second kappa shape index (κ2) is 9.82. The fourth-order valence-corrected chi connectivity index (χ4v) is 3.47. The van der Waals surface area contributed by atoms with Crippen molar-refractivity contribution in [2.45, 2.75) is 44.7 Å². The number of benzene rings is 1. The van der Waals surface area contributed by atoms with Gasteiger partial charge in [0.15, 0.2) is 0 Å². The van der Waals surface area contributed by atoms with E-state index in [1.807, 2.05) is 25.9 Å². The topological polar surface area (TPSA) is 70.1 Å². The number of nitrogens with zero attached hydrogens (tertiary/aromatic N) is 3. The second-order valence-corrected chi connectivity index (χ2v) is 7.42. The Morgan fingerprint density at radius 1 is 1.07 bits per heavy atom. The molecule has 1 aromatic heterocycles. The van der Waals surface area contributed by atoms with Gasteiger partial charge in [0.1, 0.15) is 17.5 Å². The molecule has 29 heavy (non-hydrogen) atoms. The monoisotopic (exact) mass is 425 g/mol. The molecular formula is C20H26ClF2N5O. The van der Waals surface area contributed by atoms with E-state index < -0.39 is 17.5 Å². The number of aromatic nitrogens is 2. The molecule has 0 saturated heterocycles. The van der Waals surface area contributed by atoms with Crippen LogP contribution in [0.5, 0.6) is 0 Å². The molecule has 1 aliphatic carbocycles. The van der Waals surface area contributed by atoms with Gasteiger partial charge in [-0.25, -0.2) is 13.8 Å². The van der Waals surface area contributed by atoms with Crippen molar-refractivity contribution in [3.63, 3.8) is 0 Å². The number of carbonyl (C=O) groups is 1. The van der Waals surface area contributed by atoms with Crippen molar-refractivity contribution in [3.8, 4) is 0 Å². The zero-order valence-corrected chi connectivity index (χ0v) is 17.5. The Balaban J connectivity index is 0.00000300. The molecule has 1 heterocycles. The Bertz CT molecular complexity index is 837. The molecule has 1 aromatic carbocycles. The standard InChI is InChI=1S/C20H25F2N5O.ClH/c1-12-11-23-20(26-18(12)27(2)3)25-17-6-4-16(5-7-17)24-19(28)13-8-14(21)10-15(22)9-13;/h8-11,16-17H,4-7H2,1-3H3,(H,24,28)(H,23,25,26);1H. The minimum absolute atomic E-state index is 0. The Hall–Kier alpha value is -2.48. The first-order chi connectivity index (χ1) is 13.3. The van der Waals surface area contributed by atoms with E-state index >= 15 is 0 Å². The van der Waals surface area contributed by atoms with E-state index in [-0.39, 0.29) is 30.1 Å². The maximum atomic E-state index is 13.3. The largest absolute Gasteiger partial charge is 0.362 e. The first kappa shape index (κ1) is 22.8. The van der Waals surface area contributed by atoms with Crippen LogP contribution in [-0.4, -0.2) is 42.1 Å². The summed E-state index contributed by atoms with van der Waals surface area (Å²) < 4.78 is 26.6. The van der Waals surface area contributed by atoms with Gasteiger partial charge < -0.3 is 15.5 Å². The highest BCUT2D eigenvalue weighted by atomic mass is 35.5. The zero-order valence-electron chi connectivity index (χ0n) is 16.7. The summed E-state index contributed by atoms with van der Waals surface area (Å²) in [6.07, 6.45) is 5.03. The number of hydrogen-bond donors (Lipinski definition) is 2. The van der Waals surface area contributed by atoms with Crippen LogP contribution in [-0.2, 0) is 0 Å². The maximum absolute atomic E-state index is 13.3. The molecule has 9 heteroatoms. The number of anilines is 2. The van der Waals surface area contributed by atoms with Crippen LogP contribution in [0.15, 0.2) is 24.4 Å². The summed E-state index contributed by atoms with van der Waals surface area (Å²) in [6, 6.07) is 3.04. The predicted octanol–water partition coefficient (Wildman–Crippen LogP) is 3.70. The van der Waals surface area contributed by atoms with Crippen molar-refractivity contribution in [2.24, 2.45) is 0 Å². The molecule has 2 aromatic rings. The lowest BCUT2D eigenvalue weighted by Crippen LogP contribution is -2.40. The normalized spacial score (nSPS) is 18.5. The molecule has 0 bridgehead atoms. The van der Waals surface area contributed by atoms with E-state index in [0.717, 1.165) is 55.3 Å². The van der Waals surface area contributed by atoms with Gasteiger partial charge in [0.05, 0.1) is 0 Å². The molecule has 0 unspecified atom stereocenters. The van der Waals surface area contributed by atoms with Gasteiger partial charge in [0.25, 0.3) is 5.91 Å². The molecular weight excluding hydrogens is 400 g/mol. The highest BCUT2D eigenvalue weighted by Crippen LogP contribution is 2.23. The van der Waals surface area contributed by atoms with E-state index in [1.165, 1.54) is 0 Å². The van der Waals surface area contributed by atoms with Crippen LogP contribution in [0, 0.1) is 18.6 Å². The predicted molar refractivity (Wildman–Crippen MR) is 112 cm³/mol. The summed E-state index contributed by atoms with van der Waals surface area (Å²) in [6.45, 7) is 1.97. The first-order valence-electron chi connectivity index (χ1n) is 9.36. The Kier molecular flexibility index (Phi) is 7.73. The average molecular weight is 426 g/mol. The molecule has 3 rings (SSSR count). The summed E-state index contributed by atoms with van der Waals surface area (Å²) in [5.41, 5.74) is 1.01. The van der Waals surface area contributed by atoms with E-state index in [9.17, 15) is 13.6 Å². The molecule has 1 fully saturated rings. The van der Waals surface area contributed by atoms with Gasteiger partial charge in [0, 0.05) is 49.6 Å². The number of hydrogen-bond acceptors (Lipinski definition) is 5. The van der Waals surface area contributed by atoms with E-state index in [1.54, 1.807) is 6.20 Å². The van der Waals surface area contributed by atoms with Crippen LogP contribution in [0.4, 0.5) is 20.5 Å². The van der Waals surface area contributed by atoms with Gasteiger partial charge >= 0.3 is 0 Å². The van der Waals surface area contributed by atoms with Crippen LogP contribution in [0.2, 0.25) is 0 Å². The molecule has 0 aliphatic heterocycles. The summed E-state index contributed by atoms with van der Waals surface area (Å²) in [5, 5.41) is 6.23. The van der Waals surface area contributed by atoms with Crippen molar-refractivity contribution in [2.75, 3.05) is 24.3 Å². The Morgan fingerprint density at radius 3 is 2.24 bits per heavy atom. The number of aryl methyl sites for hydroxylation is 1. The van der Waals surface area contributed by atoms with Crippen molar-refractivity contribution in [1.82, 2.24) is 15.3 Å². The van der Waals surface area contributed by atoms with Gasteiger partial charge in [0.2, 0.25) is 5.95 Å². The first-order valence-corrected chi connectivity index (χ1v) is 9.36. The van der Waals surface area contributed by atoms with Crippen LogP contribution in [0.25, 0.3) is 0 Å².